The van der Waals surface area contributed by atoms with Gasteiger partial charge in [-0.3, -0.25) is 0 Å². The molecule has 0 radical (unpaired) electrons. The van der Waals surface area contributed by atoms with Crippen LogP contribution in [-0.4, -0.2) is 43.3 Å². The van der Waals surface area contributed by atoms with E-state index in [0.29, 0.717) is 6.20 Å². The van der Waals surface area contributed by atoms with E-state index in [2.05, 4.69) is 20.1 Å². The zero-order valence-electron chi connectivity index (χ0n) is 15.0. The number of aryl methyl sites for hydroxylation is 1. The minimum Gasteiger partial charge on any atom is -0.346 e. The fourth-order valence-corrected chi connectivity index (χ4v) is 4.14. The quantitative estimate of drug-likeness (QED) is 0.490. The van der Waals surface area contributed by atoms with E-state index in [-0.39, 0.29) is 43.6 Å². The number of hydrogen-bond acceptors (Lipinski definition) is 6. The first-order chi connectivity index (χ1) is 13.5. The summed E-state index contributed by atoms with van der Waals surface area (Å²) in [5, 5.41) is 3.88. The van der Waals surface area contributed by atoms with Crippen molar-refractivity contribution in [3.05, 3.63) is 34.7 Å². The Hall–Kier alpha value is -2.80. The highest BCUT2D eigenvalue weighted by Crippen LogP contribution is 2.34. The molecule has 0 saturated carbocycles. The number of sulfone groups is 1. The van der Waals surface area contributed by atoms with E-state index in [0.717, 1.165) is 6.07 Å². The average Bonchev–Trinajstić information content (AvgIpc) is 3.20. The number of nitrogens with one attached hydrogen (secondary N) is 1. The summed E-state index contributed by atoms with van der Waals surface area (Å²) in [4.78, 5) is 11.0. The fraction of sp³-hybridized carbons (Fsp3) is 0.250. The van der Waals surface area contributed by atoms with Gasteiger partial charge in [0.05, 0.1) is 16.9 Å². The highest BCUT2D eigenvalue weighted by molar-refractivity contribution is 7.91. The zero-order chi connectivity index (χ0) is 21.1. The molecule has 4 rings (SSSR count). The standard InChI is InChI=1S/C16H13F3N6O2S2/c1-3-29(26,27)15-11(13-20-5-4-10(28)25(13)23-15)14-22-9-6-8(16(17,18)19)7-21-12(9)24(14)2/h4-7,20H,3H2,1-2H3. The molecule has 0 amide bonds. The number of alkyl halides is 3. The van der Waals surface area contributed by atoms with Gasteiger partial charge in [-0.1, -0.05) is 19.1 Å². The van der Waals surface area contributed by atoms with Crippen LogP contribution in [0.4, 0.5) is 13.2 Å². The lowest BCUT2D eigenvalue weighted by atomic mass is 10.2. The maximum atomic E-state index is 13.0. The smallest absolute Gasteiger partial charge is 0.346 e. The van der Waals surface area contributed by atoms with Crippen LogP contribution < -0.4 is 0 Å². The highest BCUT2D eigenvalue weighted by Gasteiger charge is 2.33. The van der Waals surface area contributed by atoms with Crippen LogP contribution in [0, 0.1) is 4.64 Å². The molecule has 1 N–H and O–H groups in total. The number of pyridine rings is 1. The van der Waals surface area contributed by atoms with Crippen LogP contribution in [0.5, 0.6) is 0 Å². The summed E-state index contributed by atoms with van der Waals surface area (Å²) < 4.78 is 67.4. The number of nitrogens with zero attached hydrogens (tertiary/aromatic N) is 5. The van der Waals surface area contributed by atoms with E-state index in [1.807, 2.05) is 0 Å². The van der Waals surface area contributed by atoms with Gasteiger partial charge in [0, 0.05) is 19.4 Å². The average molecular weight is 442 g/mol. The summed E-state index contributed by atoms with van der Waals surface area (Å²) in [6.45, 7) is 1.47. The molecule has 0 fully saturated rings. The molecule has 0 atom stereocenters. The van der Waals surface area contributed by atoms with Gasteiger partial charge in [-0.05, 0) is 12.1 Å². The molecule has 0 bridgehead atoms. The van der Waals surface area contributed by atoms with Gasteiger partial charge in [-0.2, -0.15) is 18.3 Å². The summed E-state index contributed by atoms with van der Waals surface area (Å²) in [6, 6.07) is 2.40. The molecule has 0 aliphatic carbocycles. The number of rotatable bonds is 3. The second-order valence-corrected chi connectivity index (χ2v) is 8.83. The van der Waals surface area contributed by atoms with Gasteiger partial charge >= 0.3 is 6.18 Å². The van der Waals surface area contributed by atoms with E-state index >= 15 is 0 Å². The third kappa shape index (κ3) is 3.00. The number of hydrogen-bond donors (Lipinski definition) is 1. The number of halogens is 3. The van der Waals surface area contributed by atoms with Crippen LogP contribution in [0.3, 0.4) is 0 Å². The summed E-state index contributed by atoms with van der Waals surface area (Å²) >= 11 is 5.21. The minimum atomic E-state index is -4.58. The molecule has 4 heterocycles. The van der Waals surface area contributed by atoms with Crippen LogP contribution in [-0.2, 0) is 23.1 Å². The van der Waals surface area contributed by atoms with Crippen molar-refractivity contribution in [2.75, 3.05) is 5.75 Å². The largest absolute Gasteiger partial charge is 0.417 e. The Morgan fingerprint density at radius 3 is 2.69 bits per heavy atom. The molecule has 0 aromatic carbocycles. The van der Waals surface area contributed by atoms with E-state index in [1.165, 1.54) is 35.3 Å². The monoisotopic (exact) mass is 442 g/mol. The van der Waals surface area contributed by atoms with Gasteiger partial charge in [-0.25, -0.2) is 22.9 Å². The van der Waals surface area contributed by atoms with Crippen molar-refractivity contribution in [1.82, 2.24) is 29.1 Å². The van der Waals surface area contributed by atoms with Crippen molar-refractivity contribution in [1.29, 1.82) is 0 Å². The Balaban J connectivity index is 2.11. The van der Waals surface area contributed by atoms with Gasteiger partial charge in [0.1, 0.15) is 21.6 Å². The molecular weight excluding hydrogens is 429 g/mol. The Labute approximate surface area is 166 Å². The SMILES string of the molecule is CCS(=O)(=O)c1nn2c(=S)cc[nH]c2c1-c1nc2cc(C(F)(F)F)cnc2n1C. The zero-order valence-corrected chi connectivity index (χ0v) is 16.7. The van der Waals surface area contributed by atoms with Gasteiger partial charge in [0.15, 0.2) is 20.5 Å². The van der Waals surface area contributed by atoms with Gasteiger partial charge in [-0.15, -0.1) is 0 Å². The predicted octanol–water partition coefficient (Wildman–Crippen LogP) is 3.15. The lowest BCUT2D eigenvalue weighted by molar-refractivity contribution is -0.137. The van der Waals surface area contributed by atoms with Crippen molar-refractivity contribution < 1.29 is 21.6 Å². The molecule has 4 aromatic heterocycles. The highest BCUT2D eigenvalue weighted by atomic mass is 32.2. The van der Waals surface area contributed by atoms with Crippen molar-refractivity contribution in [3.63, 3.8) is 0 Å². The second-order valence-electron chi connectivity index (χ2n) is 6.22. The van der Waals surface area contributed by atoms with E-state index in [4.69, 9.17) is 12.2 Å². The van der Waals surface area contributed by atoms with Crippen molar-refractivity contribution >= 4 is 38.9 Å². The van der Waals surface area contributed by atoms with Crippen LogP contribution in [0.25, 0.3) is 28.2 Å². The van der Waals surface area contributed by atoms with Crippen molar-refractivity contribution in [3.8, 4) is 11.4 Å². The molecule has 0 saturated heterocycles. The molecule has 29 heavy (non-hydrogen) atoms. The van der Waals surface area contributed by atoms with Gasteiger partial charge in [0.2, 0.25) is 0 Å². The Morgan fingerprint density at radius 1 is 1.31 bits per heavy atom. The van der Waals surface area contributed by atoms with Crippen LogP contribution in [0.1, 0.15) is 12.5 Å². The number of imidazole rings is 1. The summed E-state index contributed by atoms with van der Waals surface area (Å²) in [5.74, 6) is -0.123. The molecule has 0 aliphatic rings. The summed E-state index contributed by atoms with van der Waals surface area (Å²) in [7, 11) is -2.26. The predicted molar refractivity (Wildman–Crippen MR) is 101 cm³/mol. The molecular formula is C16H13F3N6O2S2. The lowest BCUT2D eigenvalue weighted by Gasteiger charge is -2.05. The summed E-state index contributed by atoms with van der Waals surface area (Å²) in [6.07, 6.45) is -2.35. The van der Waals surface area contributed by atoms with Crippen LogP contribution in [0.15, 0.2) is 29.6 Å². The van der Waals surface area contributed by atoms with Crippen molar-refractivity contribution in [2.24, 2.45) is 7.05 Å². The normalized spacial score (nSPS) is 12.9. The molecule has 0 unspecified atom stereocenters. The molecule has 0 spiro atoms. The van der Waals surface area contributed by atoms with E-state index in [9.17, 15) is 21.6 Å². The van der Waals surface area contributed by atoms with Gasteiger partial charge in [0.25, 0.3) is 0 Å². The number of aromatic amines is 1. The van der Waals surface area contributed by atoms with Crippen LogP contribution in [0.2, 0.25) is 0 Å². The van der Waals surface area contributed by atoms with Crippen LogP contribution >= 0.6 is 12.2 Å². The topological polar surface area (TPSA) is 97.9 Å². The Morgan fingerprint density at radius 2 is 2.03 bits per heavy atom. The minimum absolute atomic E-state index is 0.0222. The second kappa shape index (κ2) is 6.35. The molecule has 0 aliphatic heterocycles. The molecule has 8 nitrogen and oxygen atoms in total. The fourth-order valence-electron chi connectivity index (χ4n) is 2.96. The van der Waals surface area contributed by atoms with Gasteiger partial charge < -0.3 is 9.55 Å². The Bertz CT molecular complexity index is 1430. The summed E-state index contributed by atoms with van der Waals surface area (Å²) in [5.41, 5.74) is -0.422. The first-order valence-corrected chi connectivity index (χ1v) is 10.3. The number of H-pyrrole nitrogens is 1. The maximum Gasteiger partial charge on any atom is 0.417 e. The number of aromatic nitrogens is 6. The third-order valence-electron chi connectivity index (χ3n) is 4.44. The third-order valence-corrected chi connectivity index (χ3v) is 6.39. The Kier molecular flexibility index (Phi) is 4.27. The molecule has 4 aromatic rings. The van der Waals surface area contributed by atoms with E-state index < -0.39 is 21.6 Å². The molecule has 13 heteroatoms. The lowest BCUT2D eigenvalue weighted by Crippen LogP contribution is -2.07. The number of fused-ring (bicyclic) bond motifs is 2. The first-order valence-electron chi connectivity index (χ1n) is 8.28. The van der Waals surface area contributed by atoms with Crippen molar-refractivity contribution in [2.45, 2.75) is 18.1 Å². The first kappa shape index (κ1) is 19.5. The van der Waals surface area contributed by atoms with E-state index in [1.54, 1.807) is 0 Å². The molecule has 152 valence electrons. The maximum absolute atomic E-state index is 13.0.